The molecule has 2 aromatic rings. The lowest BCUT2D eigenvalue weighted by Gasteiger charge is -2.15. The van der Waals surface area contributed by atoms with Crippen molar-refractivity contribution < 1.29 is 17.7 Å². The third-order valence-electron chi connectivity index (χ3n) is 3.01. The van der Waals surface area contributed by atoms with E-state index in [-0.39, 0.29) is 12.4 Å². The summed E-state index contributed by atoms with van der Waals surface area (Å²) in [6, 6.07) is 6.88. The zero-order valence-corrected chi connectivity index (χ0v) is 11.2. The van der Waals surface area contributed by atoms with Gasteiger partial charge in [-0.05, 0) is 31.0 Å². The number of rotatable bonds is 4. The Morgan fingerprint density at radius 1 is 1.10 bits per heavy atom. The molecule has 20 heavy (non-hydrogen) atoms. The summed E-state index contributed by atoms with van der Waals surface area (Å²) < 4.78 is 43.3. The maximum absolute atomic E-state index is 12.6. The Morgan fingerprint density at radius 2 is 1.85 bits per heavy atom. The second kappa shape index (κ2) is 5.57. The van der Waals surface area contributed by atoms with Gasteiger partial charge in [0, 0.05) is 6.20 Å². The molecule has 0 aliphatic rings. The van der Waals surface area contributed by atoms with E-state index in [0.29, 0.717) is 0 Å². The highest BCUT2D eigenvalue weighted by atomic mass is 19.4. The molecular weight excluding hydrogens is 266 g/mol. The molecule has 0 spiro atoms. The maximum Gasteiger partial charge on any atom is 0.511 e. The Morgan fingerprint density at radius 3 is 2.55 bits per heavy atom. The lowest BCUT2D eigenvalue weighted by molar-refractivity contribution is 0.304. The Bertz CT molecular complexity index is 614. The minimum atomic E-state index is -5.05. The van der Waals surface area contributed by atoms with E-state index in [2.05, 4.69) is 4.98 Å². The highest BCUT2D eigenvalue weighted by Gasteiger charge is 2.26. The molecule has 2 rings (SSSR count). The molecular formula is C14H14BF3NO-. The molecule has 0 bridgehead atoms. The second-order valence-electron chi connectivity index (χ2n) is 4.75. The topological polar surface area (TPSA) is 22.1 Å². The number of aryl methyl sites for hydroxylation is 2. The van der Waals surface area contributed by atoms with Crippen LogP contribution in [0.5, 0.6) is 5.75 Å². The summed E-state index contributed by atoms with van der Waals surface area (Å²) >= 11 is 0. The molecule has 1 aromatic carbocycles. The standard InChI is InChI=1S/C14H14BF3NO/c1-10-3-4-11(2)12(5-10)9-20-14-6-13(7-19-8-14)15(16,17)18/h3-8H,9H2,1-2H3/q-1. The summed E-state index contributed by atoms with van der Waals surface area (Å²) in [7, 11) is 0. The highest BCUT2D eigenvalue weighted by Crippen LogP contribution is 2.16. The van der Waals surface area contributed by atoms with Crippen molar-refractivity contribution >= 4 is 12.4 Å². The molecule has 0 fully saturated rings. The van der Waals surface area contributed by atoms with Crippen LogP contribution < -0.4 is 10.2 Å². The van der Waals surface area contributed by atoms with Crippen LogP contribution in [0.4, 0.5) is 12.9 Å². The van der Waals surface area contributed by atoms with Crippen LogP contribution in [-0.2, 0) is 6.61 Å². The Labute approximate surface area is 115 Å². The molecule has 0 unspecified atom stereocenters. The van der Waals surface area contributed by atoms with Crippen LogP contribution in [0.15, 0.2) is 36.7 Å². The number of aromatic nitrogens is 1. The molecule has 1 heterocycles. The van der Waals surface area contributed by atoms with Crippen LogP contribution in [-0.4, -0.2) is 12.0 Å². The van der Waals surface area contributed by atoms with Crippen LogP contribution in [0.2, 0.25) is 0 Å². The highest BCUT2D eigenvalue weighted by molar-refractivity contribution is 6.73. The summed E-state index contributed by atoms with van der Waals surface area (Å²) in [4.78, 5) is 3.57. The Balaban J connectivity index is 2.13. The molecule has 106 valence electrons. The molecule has 0 aliphatic carbocycles. The number of ether oxygens (including phenoxy) is 1. The SMILES string of the molecule is Cc1ccc(C)c(COc2cncc([B-](F)(F)F)c2)c1. The number of halogens is 3. The quantitative estimate of drug-likeness (QED) is 0.801. The van der Waals surface area contributed by atoms with Gasteiger partial charge in [0.05, 0.1) is 6.20 Å². The molecule has 0 radical (unpaired) electrons. The molecule has 0 saturated carbocycles. The molecule has 1 aromatic heterocycles. The van der Waals surface area contributed by atoms with E-state index in [1.807, 2.05) is 32.0 Å². The first-order valence-corrected chi connectivity index (χ1v) is 6.20. The summed E-state index contributed by atoms with van der Waals surface area (Å²) in [5, 5.41) is 0. The largest absolute Gasteiger partial charge is 0.511 e. The van der Waals surface area contributed by atoms with E-state index in [9.17, 15) is 12.9 Å². The predicted octanol–water partition coefficient (Wildman–Crippen LogP) is 3.33. The van der Waals surface area contributed by atoms with Gasteiger partial charge in [0.2, 0.25) is 0 Å². The van der Waals surface area contributed by atoms with Crippen molar-refractivity contribution in [3.8, 4) is 5.75 Å². The van der Waals surface area contributed by atoms with Crippen LogP contribution in [0.25, 0.3) is 0 Å². The van der Waals surface area contributed by atoms with E-state index in [1.54, 1.807) is 0 Å². The minimum absolute atomic E-state index is 0.127. The normalized spacial score (nSPS) is 11.4. The summed E-state index contributed by atoms with van der Waals surface area (Å²) in [6.07, 6.45) is 2.10. The van der Waals surface area contributed by atoms with Crippen molar-refractivity contribution in [3.05, 3.63) is 53.3 Å². The first kappa shape index (κ1) is 14.4. The predicted molar refractivity (Wildman–Crippen MR) is 73.2 cm³/mol. The maximum atomic E-state index is 12.6. The average Bonchev–Trinajstić information content (AvgIpc) is 2.39. The van der Waals surface area contributed by atoms with Crippen LogP contribution in [0, 0.1) is 13.8 Å². The van der Waals surface area contributed by atoms with E-state index < -0.39 is 12.4 Å². The smallest absolute Gasteiger partial charge is 0.487 e. The summed E-state index contributed by atoms with van der Waals surface area (Å²) in [5.41, 5.74) is 2.33. The fourth-order valence-corrected chi connectivity index (χ4v) is 1.81. The van der Waals surface area contributed by atoms with Crippen molar-refractivity contribution in [2.45, 2.75) is 20.5 Å². The third kappa shape index (κ3) is 3.53. The fourth-order valence-electron chi connectivity index (χ4n) is 1.81. The lowest BCUT2D eigenvalue weighted by Crippen LogP contribution is -2.34. The number of hydrogen-bond acceptors (Lipinski definition) is 2. The van der Waals surface area contributed by atoms with Gasteiger partial charge in [0.1, 0.15) is 12.4 Å². The number of hydrogen-bond donors (Lipinski definition) is 0. The average molecular weight is 280 g/mol. The van der Waals surface area contributed by atoms with E-state index in [1.165, 1.54) is 6.20 Å². The van der Waals surface area contributed by atoms with Crippen molar-refractivity contribution in [1.29, 1.82) is 0 Å². The summed E-state index contributed by atoms with van der Waals surface area (Å²) in [5.74, 6) is 0.127. The van der Waals surface area contributed by atoms with E-state index in [0.717, 1.165) is 29.0 Å². The minimum Gasteiger partial charge on any atom is -0.487 e. The first-order valence-electron chi connectivity index (χ1n) is 6.20. The number of pyridine rings is 1. The van der Waals surface area contributed by atoms with E-state index >= 15 is 0 Å². The molecule has 0 amide bonds. The zero-order valence-electron chi connectivity index (χ0n) is 11.2. The van der Waals surface area contributed by atoms with Crippen LogP contribution in [0.1, 0.15) is 16.7 Å². The van der Waals surface area contributed by atoms with Crippen LogP contribution >= 0.6 is 0 Å². The monoisotopic (exact) mass is 280 g/mol. The van der Waals surface area contributed by atoms with Gasteiger partial charge in [-0.3, -0.25) is 4.98 Å². The van der Waals surface area contributed by atoms with Gasteiger partial charge in [0.25, 0.3) is 0 Å². The van der Waals surface area contributed by atoms with Gasteiger partial charge >= 0.3 is 6.98 Å². The van der Waals surface area contributed by atoms with Gasteiger partial charge in [-0.2, -0.15) is 0 Å². The molecule has 2 nitrogen and oxygen atoms in total. The zero-order chi connectivity index (χ0) is 14.8. The second-order valence-corrected chi connectivity index (χ2v) is 4.75. The number of benzene rings is 1. The molecule has 0 saturated heterocycles. The van der Waals surface area contributed by atoms with Crippen molar-refractivity contribution in [2.75, 3.05) is 0 Å². The van der Waals surface area contributed by atoms with E-state index in [4.69, 9.17) is 4.74 Å². The molecule has 0 N–H and O–H groups in total. The Kier molecular flexibility index (Phi) is 4.02. The van der Waals surface area contributed by atoms with Gasteiger partial charge in [-0.1, -0.05) is 29.2 Å². The van der Waals surface area contributed by atoms with Crippen molar-refractivity contribution in [3.63, 3.8) is 0 Å². The molecule has 0 atom stereocenters. The lowest BCUT2D eigenvalue weighted by atomic mass is 9.81. The molecule has 6 heteroatoms. The Hall–Kier alpha value is -1.98. The van der Waals surface area contributed by atoms with Crippen molar-refractivity contribution in [1.82, 2.24) is 4.98 Å². The van der Waals surface area contributed by atoms with Gasteiger partial charge < -0.3 is 17.7 Å². The van der Waals surface area contributed by atoms with Crippen LogP contribution in [0.3, 0.4) is 0 Å². The number of nitrogens with zero attached hydrogens (tertiary/aromatic N) is 1. The third-order valence-corrected chi connectivity index (χ3v) is 3.01. The van der Waals surface area contributed by atoms with Gasteiger partial charge in [-0.15, -0.1) is 0 Å². The fraction of sp³-hybridized carbons (Fsp3) is 0.214. The van der Waals surface area contributed by atoms with Crippen molar-refractivity contribution in [2.24, 2.45) is 0 Å². The molecule has 0 aliphatic heterocycles. The van der Waals surface area contributed by atoms with Gasteiger partial charge in [-0.25, -0.2) is 0 Å². The summed E-state index contributed by atoms with van der Waals surface area (Å²) in [6.45, 7) is -0.935. The van der Waals surface area contributed by atoms with Gasteiger partial charge in [0.15, 0.2) is 0 Å². The first-order chi connectivity index (χ1) is 9.36.